The number of hydrogen-bond donors (Lipinski definition) is 1. The number of nitrogens with two attached hydrogens (primary N) is 1. The maximum atomic E-state index is 6.18. The molecule has 15 heavy (non-hydrogen) atoms. The van der Waals surface area contributed by atoms with Gasteiger partial charge in [-0.2, -0.15) is 0 Å². The minimum atomic E-state index is 0.150. The lowest BCUT2D eigenvalue weighted by Crippen LogP contribution is -2.28. The molecule has 0 amide bonds. The van der Waals surface area contributed by atoms with Crippen LogP contribution in [0.15, 0.2) is 22.7 Å². The van der Waals surface area contributed by atoms with Crippen LogP contribution in [0.2, 0.25) is 5.02 Å². The summed E-state index contributed by atoms with van der Waals surface area (Å²) in [6.45, 7) is 5.06. The SMILES string of the molecule is CCC(C)(CN)Cc1ccc(Br)cc1Cl. The van der Waals surface area contributed by atoms with E-state index >= 15 is 0 Å². The van der Waals surface area contributed by atoms with Crippen molar-refractivity contribution in [2.75, 3.05) is 6.54 Å². The van der Waals surface area contributed by atoms with Gasteiger partial charge >= 0.3 is 0 Å². The largest absolute Gasteiger partial charge is 0.330 e. The standard InChI is InChI=1S/C12H17BrClN/c1-3-12(2,8-15)7-9-4-5-10(13)6-11(9)14/h4-6H,3,7-8,15H2,1-2H3. The molecule has 2 N–H and O–H groups in total. The highest BCUT2D eigenvalue weighted by Gasteiger charge is 2.21. The zero-order valence-electron chi connectivity index (χ0n) is 9.19. The molecule has 1 nitrogen and oxygen atoms in total. The Kier molecular flexibility index (Phi) is 4.63. The van der Waals surface area contributed by atoms with Crippen molar-refractivity contribution in [3.8, 4) is 0 Å². The molecule has 0 bridgehead atoms. The van der Waals surface area contributed by atoms with Gasteiger partial charge in [0.1, 0.15) is 0 Å². The number of hydrogen-bond acceptors (Lipinski definition) is 1. The van der Waals surface area contributed by atoms with Crippen molar-refractivity contribution in [2.24, 2.45) is 11.1 Å². The van der Waals surface area contributed by atoms with E-state index in [4.69, 9.17) is 17.3 Å². The predicted molar refractivity (Wildman–Crippen MR) is 70.3 cm³/mol. The van der Waals surface area contributed by atoms with E-state index < -0.39 is 0 Å². The summed E-state index contributed by atoms with van der Waals surface area (Å²) >= 11 is 9.58. The van der Waals surface area contributed by atoms with Crippen molar-refractivity contribution >= 4 is 27.5 Å². The van der Waals surface area contributed by atoms with E-state index in [1.807, 2.05) is 12.1 Å². The lowest BCUT2D eigenvalue weighted by atomic mass is 9.81. The molecule has 1 rings (SSSR count). The highest BCUT2D eigenvalue weighted by molar-refractivity contribution is 9.10. The zero-order chi connectivity index (χ0) is 11.5. The van der Waals surface area contributed by atoms with Crippen molar-refractivity contribution in [2.45, 2.75) is 26.7 Å². The van der Waals surface area contributed by atoms with Gasteiger partial charge < -0.3 is 5.73 Å². The van der Waals surface area contributed by atoms with Crippen LogP contribution in [0.4, 0.5) is 0 Å². The highest BCUT2D eigenvalue weighted by Crippen LogP contribution is 2.30. The van der Waals surface area contributed by atoms with Crippen LogP contribution in [0, 0.1) is 5.41 Å². The van der Waals surface area contributed by atoms with Gasteiger partial charge in [0.2, 0.25) is 0 Å². The van der Waals surface area contributed by atoms with E-state index in [1.54, 1.807) is 0 Å². The Labute approximate surface area is 105 Å². The fraction of sp³-hybridized carbons (Fsp3) is 0.500. The predicted octanol–water partition coefficient (Wildman–Crippen LogP) is 4.02. The quantitative estimate of drug-likeness (QED) is 0.890. The van der Waals surface area contributed by atoms with Gasteiger partial charge in [-0.25, -0.2) is 0 Å². The molecule has 0 saturated carbocycles. The Balaban J connectivity index is 2.89. The van der Waals surface area contributed by atoms with Gasteiger partial charge in [0.25, 0.3) is 0 Å². The van der Waals surface area contributed by atoms with Gasteiger partial charge in [-0.15, -0.1) is 0 Å². The molecule has 0 saturated heterocycles. The summed E-state index contributed by atoms with van der Waals surface area (Å²) in [5.74, 6) is 0. The fourth-order valence-corrected chi connectivity index (χ4v) is 2.21. The summed E-state index contributed by atoms with van der Waals surface area (Å²) in [5, 5.41) is 0.817. The van der Waals surface area contributed by atoms with Crippen molar-refractivity contribution in [3.63, 3.8) is 0 Å². The van der Waals surface area contributed by atoms with E-state index in [-0.39, 0.29) is 5.41 Å². The minimum absolute atomic E-state index is 0.150. The van der Waals surface area contributed by atoms with E-state index in [9.17, 15) is 0 Å². The van der Waals surface area contributed by atoms with Gasteiger partial charge in [-0.05, 0) is 42.5 Å². The molecule has 1 unspecified atom stereocenters. The molecule has 0 aliphatic carbocycles. The zero-order valence-corrected chi connectivity index (χ0v) is 11.5. The Morgan fingerprint density at radius 1 is 1.47 bits per heavy atom. The molecule has 0 radical (unpaired) electrons. The second-order valence-electron chi connectivity index (χ2n) is 4.28. The van der Waals surface area contributed by atoms with Crippen LogP contribution in [0.3, 0.4) is 0 Å². The average molecular weight is 291 g/mol. The monoisotopic (exact) mass is 289 g/mol. The number of halogens is 2. The molecule has 0 aliphatic rings. The molecule has 1 aromatic rings. The summed E-state index contributed by atoms with van der Waals surface area (Å²) < 4.78 is 1.02. The normalized spacial score (nSPS) is 15.0. The topological polar surface area (TPSA) is 26.0 Å². The number of benzene rings is 1. The summed E-state index contributed by atoms with van der Waals surface area (Å²) in [4.78, 5) is 0. The Morgan fingerprint density at radius 2 is 2.13 bits per heavy atom. The van der Waals surface area contributed by atoms with Gasteiger partial charge in [0.15, 0.2) is 0 Å². The number of rotatable bonds is 4. The summed E-state index contributed by atoms with van der Waals surface area (Å²) in [6.07, 6.45) is 2.00. The van der Waals surface area contributed by atoms with Crippen LogP contribution < -0.4 is 5.73 Å². The first-order chi connectivity index (χ1) is 7.00. The maximum Gasteiger partial charge on any atom is 0.0449 e. The van der Waals surface area contributed by atoms with Crippen molar-refractivity contribution in [1.29, 1.82) is 0 Å². The Bertz CT molecular complexity index is 334. The smallest absolute Gasteiger partial charge is 0.0449 e. The molecule has 84 valence electrons. The van der Waals surface area contributed by atoms with E-state index in [0.717, 1.165) is 22.3 Å². The molecule has 0 aromatic heterocycles. The molecular weight excluding hydrogens is 273 g/mol. The Hall–Kier alpha value is -0.0500. The average Bonchev–Trinajstić information content (AvgIpc) is 2.22. The molecule has 0 aliphatic heterocycles. The first kappa shape index (κ1) is 13.0. The minimum Gasteiger partial charge on any atom is -0.330 e. The molecule has 3 heteroatoms. The van der Waals surface area contributed by atoms with Gasteiger partial charge in [-0.1, -0.05) is 47.4 Å². The van der Waals surface area contributed by atoms with Crippen LogP contribution in [0.5, 0.6) is 0 Å². The van der Waals surface area contributed by atoms with E-state index in [2.05, 4.69) is 35.8 Å². The second-order valence-corrected chi connectivity index (χ2v) is 5.60. The van der Waals surface area contributed by atoms with Gasteiger partial charge in [0.05, 0.1) is 0 Å². The third kappa shape index (κ3) is 3.47. The first-order valence-electron chi connectivity index (χ1n) is 5.15. The molecule has 1 atom stereocenters. The lowest BCUT2D eigenvalue weighted by Gasteiger charge is -2.26. The van der Waals surface area contributed by atoms with Crippen LogP contribution in [0.1, 0.15) is 25.8 Å². The third-order valence-electron chi connectivity index (χ3n) is 2.98. The highest BCUT2D eigenvalue weighted by atomic mass is 79.9. The van der Waals surface area contributed by atoms with Crippen LogP contribution in [-0.2, 0) is 6.42 Å². The van der Waals surface area contributed by atoms with E-state index in [0.29, 0.717) is 6.54 Å². The van der Waals surface area contributed by atoms with Crippen molar-refractivity contribution in [1.82, 2.24) is 0 Å². The van der Waals surface area contributed by atoms with Crippen LogP contribution in [-0.4, -0.2) is 6.54 Å². The molecular formula is C12H17BrClN. The van der Waals surface area contributed by atoms with Crippen molar-refractivity contribution in [3.05, 3.63) is 33.3 Å². The molecule has 0 spiro atoms. The summed E-state index contributed by atoms with van der Waals surface area (Å²) in [6, 6.07) is 6.02. The van der Waals surface area contributed by atoms with Crippen molar-refractivity contribution < 1.29 is 0 Å². The lowest BCUT2D eigenvalue weighted by molar-refractivity contribution is 0.320. The summed E-state index contributed by atoms with van der Waals surface area (Å²) in [5.41, 5.74) is 7.12. The summed E-state index contributed by atoms with van der Waals surface area (Å²) in [7, 11) is 0. The van der Waals surface area contributed by atoms with Crippen LogP contribution in [0.25, 0.3) is 0 Å². The van der Waals surface area contributed by atoms with Gasteiger partial charge in [-0.3, -0.25) is 0 Å². The van der Waals surface area contributed by atoms with Gasteiger partial charge in [0, 0.05) is 9.50 Å². The third-order valence-corrected chi connectivity index (χ3v) is 3.82. The molecule has 1 aromatic carbocycles. The first-order valence-corrected chi connectivity index (χ1v) is 6.32. The molecule has 0 fully saturated rings. The maximum absolute atomic E-state index is 6.18. The fourth-order valence-electron chi connectivity index (χ4n) is 1.47. The van der Waals surface area contributed by atoms with Crippen LogP contribution >= 0.6 is 27.5 Å². The second kappa shape index (κ2) is 5.33. The Morgan fingerprint density at radius 3 is 2.60 bits per heavy atom. The van der Waals surface area contributed by atoms with E-state index in [1.165, 1.54) is 5.56 Å². The molecule has 0 heterocycles.